The van der Waals surface area contributed by atoms with Gasteiger partial charge < -0.3 is 11.1 Å². The minimum absolute atomic E-state index is 0.0377. The first-order valence-electron chi connectivity index (χ1n) is 6.76. The van der Waals surface area contributed by atoms with Crippen LogP contribution in [0.1, 0.15) is 35.4 Å². The van der Waals surface area contributed by atoms with E-state index in [0.29, 0.717) is 12.5 Å². The lowest BCUT2D eigenvalue weighted by Gasteiger charge is -2.22. The monoisotopic (exact) mass is 294 g/mol. The molecular weight excluding hydrogens is 276 g/mol. The highest BCUT2D eigenvalue weighted by molar-refractivity contribution is 7.27. The largest absolute Gasteiger partial charge is 0.347 e. The molecule has 0 radical (unpaired) electrons. The molecule has 3 nitrogen and oxygen atoms in total. The third-order valence-electron chi connectivity index (χ3n) is 3.90. The summed E-state index contributed by atoms with van der Waals surface area (Å²) in [5.74, 6) is 0.603. The topological polar surface area (TPSA) is 55.1 Å². The second-order valence-electron chi connectivity index (χ2n) is 5.12. The van der Waals surface area contributed by atoms with Gasteiger partial charge in [0.1, 0.15) is 0 Å². The number of nitrogens with two attached hydrogens (primary N) is 1. The summed E-state index contributed by atoms with van der Waals surface area (Å²) in [6.45, 7) is 0.538. The Morgan fingerprint density at radius 3 is 2.89 bits per heavy atom. The second kappa shape index (κ2) is 5.61. The van der Waals surface area contributed by atoms with Crippen LogP contribution in [0.15, 0.2) is 17.5 Å². The van der Waals surface area contributed by atoms with Crippen molar-refractivity contribution in [2.24, 2.45) is 11.7 Å². The van der Waals surface area contributed by atoms with E-state index in [0.717, 1.165) is 4.88 Å². The van der Waals surface area contributed by atoms with E-state index in [9.17, 15) is 4.79 Å². The first-order valence-corrected chi connectivity index (χ1v) is 8.45. The van der Waals surface area contributed by atoms with E-state index < -0.39 is 0 Å². The molecule has 0 aromatic carbocycles. The zero-order chi connectivity index (χ0) is 13.2. The Balaban J connectivity index is 1.70. The van der Waals surface area contributed by atoms with Gasteiger partial charge in [-0.05, 0) is 36.3 Å². The van der Waals surface area contributed by atoms with Crippen LogP contribution in [0, 0.1) is 5.92 Å². The smallest absolute Gasteiger partial charge is 0.261 e. The minimum atomic E-state index is 0.0377. The SMILES string of the molecule is NCC(NC(=O)c1cc2sccc2s1)C1CCCC1. The molecule has 3 rings (SSSR count). The molecule has 0 spiro atoms. The van der Waals surface area contributed by atoms with Gasteiger partial charge in [-0.3, -0.25) is 4.79 Å². The fraction of sp³-hybridized carbons (Fsp3) is 0.500. The molecule has 2 aromatic rings. The van der Waals surface area contributed by atoms with E-state index in [4.69, 9.17) is 5.73 Å². The molecule has 1 saturated carbocycles. The quantitative estimate of drug-likeness (QED) is 0.909. The summed E-state index contributed by atoms with van der Waals surface area (Å²) in [4.78, 5) is 13.1. The first kappa shape index (κ1) is 13.1. The summed E-state index contributed by atoms with van der Waals surface area (Å²) in [6.07, 6.45) is 4.93. The van der Waals surface area contributed by atoms with E-state index in [1.165, 1.54) is 35.1 Å². The number of thiophene rings is 2. The third kappa shape index (κ3) is 2.68. The summed E-state index contributed by atoms with van der Waals surface area (Å²) in [5.41, 5.74) is 5.82. The molecule has 0 bridgehead atoms. The van der Waals surface area contributed by atoms with Crippen LogP contribution in [-0.4, -0.2) is 18.5 Å². The molecule has 1 atom stereocenters. The minimum Gasteiger partial charge on any atom is -0.347 e. The number of fused-ring (bicyclic) bond motifs is 1. The van der Waals surface area contributed by atoms with Crippen molar-refractivity contribution in [3.05, 3.63) is 22.4 Å². The highest BCUT2D eigenvalue weighted by Crippen LogP contribution is 2.31. The normalized spacial score (nSPS) is 17.9. The van der Waals surface area contributed by atoms with Crippen molar-refractivity contribution >= 4 is 38.0 Å². The second-order valence-corrected chi connectivity index (χ2v) is 7.15. The van der Waals surface area contributed by atoms with Crippen molar-refractivity contribution in [2.75, 3.05) is 6.54 Å². The van der Waals surface area contributed by atoms with Crippen LogP contribution in [0.25, 0.3) is 9.40 Å². The fourth-order valence-electron chi connectivity index (χ4n) is 2.85. The lowest BCUT2D eigenvalue weighted by atomic mass is 9.98. The van der Waals surface area contributed by atoms with Crippen molar-refractivity contribution in [1.29, 1.82) is 0 Å². The summed E-state index contributed by atoms with van der Waals surface area (Å²) in [5, 5.41) is 5.19. The standard InChI is InChI=1S/C14H18N2OS2/c15-8-10(9-3-1-2-4-9)16-14(17)13-7-12-11(19-13)5-6-18-12/h5-7,9-10H,1-4,8,15H2,(H,16,17). The third-order valence-corrected chi connectivity index (χ3v) is 5.99. The maximum Gasteiger partial charge on any atom is 0.261 e. The van der Waals surface area contributed by atoms with Gasteiger partial charge in [0.25, 0.3) is 5.91 Å². The highest BCUT2D eigenvalue weighted by atomic mass is 32.1. The van der Waals surface area contributed by atoms with Crippen LogP contribution in [0.4, 0.5) is 0 Å². The number of amides is 1. The van der Waals surface area contributed by atoms with Crippen molar-refractivity contribution in [3.63, 3.8) is 0 Å². The van der Waals surface area contributed by atoms with Gasteiger partial charge in [0.15, 0.2) is 0 Å². The van der Waals surface area contributed by atoms with Gasteiger partial charge in [-0.1, -0.05) is 12.8 Å². The van der Waals surface area contributed by atoms with Crippen LogP contribution in [0.2, 0.25) is 0 Å². The van der Waals surface area contributed by atoms with E-state index in [1.54, 1.807) is 22.7 Å². The molecule has 1 aliphatic carbocycles. The molecule has 5 heteroatoms. The zero-order valence-electron chi connectivity index (χ0n) is 10.7. The Bertz CT molecular complexity index is 540. The van der Waals surface area contributed by atoms with Gasteiger partial charge in [0.2, 0.25) is 0 Å². The molecule has 1 fully saturated rings. The molecule has 0 saturated heterocycles. The van der Waals surface area contributed by atoms with Crippen LogP contribution >= 0.6 is 22.7 Å². The summed E-state index contributed by atoms with van der Waals surface area (Å²) in [7, 11) is 0. The molecule has 19 heavy (non-hydrogen) atoms. The van der Waals surface area contributed by atoms with Crippen LogP contribution in [-0.2, 0) is 0 Å². The number of carbonyl (C=O) groups excluding carboxylic acids is 1. The molecule has 3 N–H and O–H groups in total. The number of hydrogen-bond donors (Lipinski definition) is 2. The van der Waals surface area contributed by atoms with Gasteiger partial charge in [0, 0.05) is 22.0 Å². The zero-order valence-corrected chi connectivity index (χ0v) is 12.4. The molecule has 2 heterocycles. The number of hydrogen-bond acceptors (Lipinski definition) is 4. The fourth-order valence-corrected chi connectivity index (χ4v) is 4.86. The van der Waals surface area contributed by atoms with Gasteiger partial charge >= 0.3 is 0 Å². The van der Waals surface area contributed by atoms with Gasteiger partial charge in [-0.2, -0.15) is 0 Å². The van der Waals surface area contributed by atoms with Crippen LogP contribution in [0.5, 0.6) is 0 Å². The van der Waals surface area contributed by atoms with Crippen LogP contribution < -0.4 is 11.1 Å². The molecule has 102 valence electrons. The average Bonchev–Trinajstić information content (AvgIpc) is 3.09. The lowest BCUT2D eigenvalue weighted by molar-refractivity contribution is 0.0928. The van der Waals surface area contributed by atoms with Crippen LogP contribution in [0.3, 0.4) is 0 Å². The summed E-state index contributed by atoms with van der Waals surface area (Å²) in [6, 6.07) is 4.19. The van der Waals surface area contributed by atoms with Gasteiger partial charge in [-0.15, -0.1) is 22.7 Å². The van der Waals surface area contributed by atoms with Crippen molar-refractivity contribution < 1.29 is 4.79 Å². The van der Waals surface area contributed by atoms with E-state index >= 15 is 0 Å². The Morgan fingerprint density at radius 1 is 1.42 bits per heavy atom. The van der Waals surface area contributed by atoms with Gasteiger partial charge in [-0.25, -0.2) is 0 Å². The Labute approximate surface area is 120 Å². The van der Waals surface area contributed by atoms with E-state index in [2.05, 4.69) is 16.8 Å². The number of nitrogens with one attached hydrogen (secondary N) is 1. The number of rotatable bonds is 4. The van der Waals surface area contributed by atoms with Crippen molar-refractivity contribution in [3.8, 4) is 0 Å². The first-order chi connectivity index (χ1) is 9.28. The number of carbonyl (C=O) groups is 1. The lowest BCUT2D eigenvalue weighted by Crippen LogP contribution is -2.44. The predicted octanol–water partition coefficient (Wildman–Crippen LogP) is 3.21. The van der Waals surface area contributed by atoms with E-state index in [1.807, 2.05) is 6.07 Å². The highest BCUT2D eigenvalue weighted by Gasteiger charge is 2.26. The molecule has 0 aliphatic heterocycles. The van der Waals surface area contributed by atoms with Crippen molar-refractivity contribution in [1.82, 2.24) is 5.32 Å². The van der Waals surface area contributed by atoms with Gasteiger partial charge in [0.05, 0.1) is 4.88 Å². The Morgan fingerprint density at radius 2 is 2.21 bits per heavy atom. The summed E-state index contributed by atoms with van der Waals surface area (Å²) >= 11 is 3.25. The predicted molar refractivity (Wildman–Crippen MR) is 82.0 cm³/mol. The van der Waals surface area contributed by atoms with Crippen molar-refractivity contribution in [2.45, 2.75) is 31.7 Å². The maximum atomic E-state index is 12.3. The Hall–Kier alpha value is -0.910. The average molecular weight is 294 g/mol. The maximum absolute atomic E-state index is 12.3. The molecule has 1 unspecified atom stereocenters. The summed E-state index contributed by atoms with van der Waals surface area (Å²) < 4.78 is 2.39. The molecule has 2 aromatic heterocycles. The Kier molecular flexibility index (Phi) is 3.86. The molecule has 1 aliphatic rings. The van der Waals surface area contributed by atoms with E-state index in [-0.39, 0.29) is 11.9 Å². The molecule has 1 amide bonds. The molecular formula is C14H18N2OS2.